The first-order chi connectivity index (χ1) is 9.58. The number of hydrogen-bond donors (Lipinski definition) is 0. The highest BCUT2D eigenvalue weighted by Crippen LogP contribution is 2.30. The number of nitrogens with zero attached hydrogens (tertiary/aromatic N) is 3. The van der Waals surface area contributed by atoms with Crippen molar-refractivity contribution in [3.63, 3.8) is 0 Å². The zero-order valence-corrected chi connectivity index (χ0v) is 10.9. The Labute approximate surface area is 114 Å². The normalized spacial score (nSPS) is 23.8. The van der Waals surface area contributed by atoms with E-state index in [1.165, 1.54) is 4.90 Å². The molecule has 0 saturated carbocycles. The Hall–Kier alpha value is -1.37. The van der Waals surface area contributed by atoms with E-state index in [0.29, 0.717) is 19.5 Å². The van der Waals surface area contributed by atoms with Crippen LogP contribution in [0.4, 0.5) is 23.2 Å². The van der Waals surface area contributed by atoms with Gasteiger partial charge in [-0.3, -0.25) is 4.90 Å². The summed E-state index contributed by atoms with van der Waals surface area (Å²) in [6, 6.07) is 0.190. The third-order valence-electron chi connectivity index (χ3n) is 4.09. The zero-order chi connectivity index (χ0) is 14.3. The van der Waals surface area contributed by atoms with Gasteiger partial charge in [0.15, 0.2) is 0 Å². The second kappa shape index (κ2) is 5.20. The number of pyridine rings is 1. The molecule has 2 fully saturated rings. The van der Waals surface area contributed by atoms with Gasteiger partial charge in [-0.05, 0) is 25.8 Å². The molecule has 1 aromatic rings. The molecule has 0 amide bonds. The van der Waals surface area contributed by atoms with Crippen LogP contribution in [0.1, 0.15) is 19.3 Å². The van der Waals surface area contributed by atoms with Crippen molar-refractivity contribution in [1.82, 2.24) is 9.88 Å². The average molecular weight is 289 g/mol. The van der Waals surface area contributed by atoms with Crippen LogP contribution >= 0.6 is 0 Å². The average Bonchev–Trinajstić information content (AvgIpc) is 2.75. The van der Waals surface area contributed by atoms with E-state index in [9.17, 15) is 17.6 Å². The summed E-state index contributed by atoms with van der Waals surface area (Å²) in [7, 11) is 0. The largest absolute Gasteiger partial charge is 0.365 e. The van der Waals surface area contributed by atoms with Crippen LogP contribution in [0.3, 0.4) is 0 Å². The number of anilines is 1. The lowest BCUT2D eigenvalue weighted by molar-refractivity contribution is 0.272. The number of fused-ring (bicyclic) bond motifs is 1. The van der Waals surface area contributed by atoms with E-state index in [2.05, 4.69) is 9.88 Å². The Morgan fingerprint density at radius 3 is 2.25 bits per heavy atom. The van der Waals surface area contributed by atoms with Gasteiger partial charge >= 0.3 is 0 Å². The van der Waals surface area contributed by atoms with Gasteiger partial charge in [-0.1, -0.05) is 0 Å². The topological polar surface area (TPSA) is 19.4 Å². The molecule has 0 aliphatic carbocycles. The van der Waals surface area contributed by atoms with Crippen molar-refractivity contribution in [2.45, 2.75) is 25.3 Å². The summed E-state index contributed by atoms with van der Waals surface area (Å²) in [6.07, 6.45) is 2.69. The zero-order valence-electron chi connectivity index (χ0n) is 10.9. The Balaban J connectivity index is 1.96. The third kappa shape index (κ3) is 2.24. The van der Waals surface area contributed by atoms with Gasteiger partial charge in [0.25, 0.3) is 11.9 Å². The fraction of sp³-hybridized carbons (Fsp3) is 0.615. The van der Waals surface area contributed by atoms with Crippen LogP contribution in [0.5, 0.6) is 0 Å². The summed E-state index contributed by atoms with van der Waals surface area (Å²) in [5.74, 6) is -6.00. The van der Waals surface area contributed by atoms with Crippen molar-refractivity contribution in [1.29, 1.82) is 0 Å². The summed E-state index contributed by atoms with van der Waals surface area (Å²) in [6.45, 7) is 2.59. The minimum atomic E-state index is -1.59. The van der Waals surface area contributed by atoms with E-state index in [1.54, 1.807) is 0 Å². The molecule has 1 aromatic heterocycles. The van der Waals surface area contributed by atoms with Crippen LogP contribution in [0, 0.1) is 23.5 Å². The Morgan fingerprint density at radius 2 is 1.55 bits per heavy atom. The number of halogens is 4. The molecule has 1 unspecified atom stereocenters. The summed E-state index contributed by atoms with van der Waals surface area (Å²) in [5.41, 5.74) is -0.622. The maximum Gasteiger partial charge on any atom is 0.253 e. The summed E-state index contributed by atoms with van der Waals surface area (Å²) < 4.78 is 54.0. The summed E-state index contributed by atoms with van der Waals surface area (Å²) in [5, 5.41) is 0. The van der Waals surface area contributed by atoms with Crippen LogP contribution in [0.25, 0.3) is 0 Å². The minimum Gasteiger partial charge on any atom is -0.365 e. The highest BCUT2D eigenvalue weighted by Gasteiger charge is 2.32. The van der Waals surface area contributed by atoms with Gasteiger partial charge in [-0.15, -0.1) is 0 Å². The fourth-order valence-electron chi connectivity index (χ4n) is 3.16. The molecule has 0 spiro atoms. The van der Waals surface area contributed by atoms with E-state index in [4.69, 9.17) is 0 Å². The molecular weight excluding hydrogens is 274 g/mol. The first-order valence-electron chi connectivity index (χ1n) is 6.77. The van der Waals surface area contributed by atoms with E-state index in [1.807, 2.05) is 0 Å². The molecule has 0 radical (unpaired) electrons. The van der Waals surface area contributed by atoms with Crippen LogP contribution in [0.15, 0.2) is 0 Å². The van der Waals surface area contributed by atoms with Crippen LogP contribution in [-0.2, 0) is 0 Å². The molecule has 110 valence electrons. The summed E-state index contributed by atoms with van der Waals surface area (Å²) in [4.78, 5) is 6.28. The first-order valence-corrected chi connectivity index (χ1v) is 6.77. The lowest BCUT2D eigenvalue weighted by Crippen LogP contribution is -2.37. The molecule has 20 heavy (non-hydrogen) atoms. The van der Waals surface area contributed by atoms with Gasteiger partial charge in [-0.2, -0.15) is 22.5 Å². The lowest BCUT2D eigenvalue weighted by atomic mass is 10.2. The van der Waals surface area contributed by atoms with E-state index >= 15 is 0 Å². The van der Waals surface area contributed by atoms with Crippen molar-refractivity contribution in [2.24, 2.45) is 0 Å². The Kier molecular flexibility index (Phi) is 3.54. The van der Waals surface area contributed by atoms with Crippen LogP contribution in [-0.4, -0.2) is 42.1 Å². The van der Waals surface area contributed by atoms with Crippen molar-refractivity contribution in [2.75, 3.05) is 31.1 Å². The van der Waals surface area contributed by atoms with Crippen molar-refractivity contribution in [3.05, 3.63) is 23.5 Å². The van der Waals surface area contributed by atoms with Gasteiger partial charge in [-0.25, -0.2) is 0 Å². The Bertz CT molecular complexity index is 497. The molecule has 7 heteroatoms. The predicted octanol–water partition coefficient (Wildman–Crippen LogP) is 2.31. The van der Waals surface area contributed by atoms with Crippen LogP contribution < -0.4 is 4.90 Å². The predicted molar refractivity (Wildman–Crippen MR) is 65.5 cm³/mol. The molecule has 1 atom stereocenters. The third-order valence-corrected chi connectivity index (χ3v) is 4.09. The number of rotatable bonds is 1. The van der Waals surface area contributed by atoms with Crippen molar-refractivity contribution >= 4 is 5.69 Å². The molecule has 3 rings (SSSR count). The van der Waals surface area contributed by atoms with Crippen molar-refractivity contribution < 1.29 is 17.6 Å². The quantitative estimate of drug-likeness (QED) is 0.584. The van der Waals surface area contributed by atoms with E-state index in [0.717, 1.165) is 25.9 Å². The fourth-order valence-corrected chi connectivity index (χ4v) is 3.16. The van der Waals surface area contributed by atoms with Gasteiger partial charge < -0.3 is 4.90 Å². The first kappa shape index (κ1) is 13.6. The molecule has 3 heterocycles. The van der Waals surface area contributed by atoms with Crippen molar-refractivity contribution in [3.8, 4) is 0 Å². The number of aromatic nitrogens is 1. The maximum absolute atomic E-state index is 13.8. The highest BCUT2D eigenvalue weighted by atomic mass is 19.2. The maximum atomic E-state index is 13.8. The van der Waals surface area contributed by atoms with Crippen LogP contribution in [0.2, 0.25) is 0 Å². The van der Waals surface area contributed by atoms with E-state index in [-0.39, 0.29) is 6.04 Å². The molecule has 2 saturated heterocycles. The summed E-state index contributed by atoms with van der Waals surface area (Å²) >= 11 is 0. The standard InChI is InChI=1S/C13H15F4N3/c14-9-11(10(15)13(17)18-12(9)16)20-6-2-5-19-4-1-3-8(19)7-20/h8H,1-7H2. The monoisotopic (exact) mass is 289 g/mol. The van der Waals surface area contributed by atoms with Gasteiger partial charge in [0.05, 0.1) is 0 Å². The van der Waals surface area contributed by atoms with Gasteiger partial charge in [0, 0.05) is 25.7 Å². The van der Waals surface area contributed by atoms with E-state index < -0.39 is 29.2 Å². The number of hydrogen-bond acceptors (Lipinski definition) is 3. The van der Waals surface area contributed by atoms with Gasteiger partial charge in [0.2, 0.25) is 11.6 Å². The molecule has 0 bridgehead atoms. The minimum absolute atomic E-state index is 0.190. The molecule has 0 aromatic carbocycles. The second-order valence-electron chi connectivity index (χ2n) is 5.30. The lowest BCUT2D eigenvalue weighted by Gasteiger charge is -2.27. The Morgan fingerprint density at radius 1 is 0.900 bits per heavy atom. The highest BCUT2D eigenvalue weighted by molar-refractivity contribution is 5.49. The SMILES string of the molecule is Fc1nc(F)c(F)c(N2CCCN3CCCC3C2)c1F. The second-order valence-corrected chi connectivity index (χ2v) is 5.30. The molecule has 2 aliphatic rings. The smallest absolute Gasteiger partial charge is 0.253 e. The molecule has 3 nitrogen and oxygen atoms in total. The molecule has 2 aliphatic heterocycles. The molecular formula is C13H15F4N3. The van der Waals surface area contributed by atoms with Gasteiger partial charge in [0.1, 0.15) is 5.69 Å². The molecule has 0 N–H and O–H groups in total.